The molecule has 4 aromatic rings. The average Bonchev–Trinajstić information content (AvgIpc) is 3.47. The second-order valence-electron chi connectivity index (χ2n) is 9.35. The number of aromatic nitrogens is 3. The maximum Gasteiger partial charge on any atom is 0.324 e. The molecule has 0 aliphatic carbocycles. The van der Waals surface area contributed by atoms with E-state index in [2.05, 4.69) is 33.1 Å². The number of benzene rings is 2. The number of anilines is 2. The Hall–Kier alpha value is -4.30. The molecule has 2 N–H and O–H groups in total. The van der Waals surface area contributed by atoms with Gasteiger partial charge in [0, 0.05) is 30.5 Å². The number of imidazole rings is 1. The monoisotopic (exact) mass is 478 g/mol. The number of piperidine rings is 1. The van der Waals surface area contributed by atoms with Gasteiger partial charge in [0.2, 0.25) is 5.91 Å². The Kier molecular flexibility index (Phi) is 5.38. The number of pyridine rings is 1. The fourth-order valence-corrected chi connectivity index (χ4v) is 5.54. The van der Waals surface area contributed by atoms with Gasteiger partial charge in [0.25, 0.3) is 0 Å². The van der Waals surface area contributed by atoms with Crippen molar-refractivity contribution in [1.82, 2.24) is 19.4 Å². The van der Waals surface area contributed by atoms with Gasteiger partial charge in [0.1, 0.15) is 5.82 Å². The minimum absolute atomic E-state index is 0.124. The molecule has 2 aliphatic rings. The Bertz CT molecular complexity index is 1420. The number of carbonyl (C=O) groups is 2. The van der Waals surface area contributed by atoms with Crippen molar-refractivity contribution in [1.29, 1.82) is 0 Å². The summed E-state index contributed by atoms with van der Waals surface area (Å²) in [5.41, 5.74) is 9.98. The number of carbonyl (C=O) groups excluding carboxylic acids is 2. The summed E-state index contributed by atoms with van der Waals surface area (Å²) in [4.78, 5) is 38.2. The highest BCUT2D eigenvalue weighted by Gasteiger charge is 2.52. The van der Waals surface area contributed by atoms with E-state index in [1.54, 1.807) is 24.8 Å². The normalized spacial score (nSPS) is 16.9. The lowest BCUT2D eigenvalue weighted by Gasteiger charge is -2.38. The summed E-state index contributed by atoms with van der Waals surface area (Å²) in [7, 11) is 0. The van der Waals surface area contributed by atoms with Gasteiger partial charge >= 0.3 is 6.03 Å². The van der Waals surface area contributed by atoms with Crippen molar-refractivity contribution in [2.75, 3.05) is 18.0 Å². The molecule has 0 bridgehead atoms. The predicted molar refractivity (Wildman–Crippen MR) is 137 cm³/mol. The summed E-state index contributed by atoms with van der Waals surface area (Å²) >= 11 is 0. The van der Waals surface area contributed by atoms with Gasteiger partial charge in [-0.05, 0) is 73.0 Å². The lowest BCUT2D eigenvalue weighted by molar-refractivity contribution is -0.124. The number of para-hydroxylation sites is 1. The number of nitrogens with two attached hydrogens (primary N) is 1. The third-order valence-electron chi connectivity index (χ3n) is 7.44. The number of likely N-dealkylation sites (tertiary alicyclic amines) is 1. The Labute approximate surface area is 209 Å². The summed E-state index contributed by atoms with van der Waals surface area (Å²) in [6.07, 6.45) is 8.12. The van der Waals surface area contributed by atoms with Crippen LogP contribution in [0.25, 0.3) is 11.1 Å². The summed E-state index contributed by atoms with van der Waals surface area (Å²) in [6.45, 7) is 1.96. The highest BCUT2D eigenvalue weighted by atomic mass is 16.2. The van der Waals surface area contributed by atoms with E-state index in [1.807, 2.05) is 47.4 Å². The molecule has 180 valence electrons. The number of rotatable bonds is 4. The zero-order valence-electron chi connectivity index (χ0n) is 19.7. The minimum atomic E-state index is -0.560. The Morgan fingerprint density at radius 3 is 2.33 bits per heavy atom. The van der Waals surface area contributed by atoms with Crippen LogP contribution >= 0.6 is 0 Å². The lowest BCUT2D eigenvalue weighted by atomic mass is 9.73. The summed E-state index contributed by atoms with van der Waals surface area (Å²) in [6, 6.07) is 19.7. The van der Waals surface area contributed by atoms with Gasteiger partial charge in [-0.25, -0.2) is 9.78 Å². The lowest BCUT2D eigenvalue weighted by Crippen LogP contribution is -2.48. The van der Waals surface area contributed by atoms with Gasteiger partial charge < -0.3 is 5.73 Å². The maximum atomic E-state index is 14.1. The molecular weight excluding hydrogens is 452 g/mol. The van der Waals surface area contributed by atoms with Crippen LogP contribution in [-0.4, -0.2) is 44.5 Å². The third-order valence-corrected chi connectivity index (χ3v) is 7.44. The van der Waals surface area contributed by atoms with E-state index in [4.69, 9.17) is 5.73 Å². The van der Waals surface area contributed by atoms with Gasteiger partial charge in [-0.2, -0.15) is 0 Å². The zero-order chi connectivity index (χ0) is 24.7. The van der Waals surface area contributed by atoms with Gasteiger partial charge in [-0.3, -0.25) is 24.1 Å². The van der Waals surface area contributed by atoms with Crippen LogP contribution in [0.3, 0.4) is 0 Å². The van der Waals surface area contributed by atoms with E-state index >= 15 is 0 Å². The minimum Gasteiger partial charge on any atom is -0.351 e. The van der Waals surface area contributed by atoms with E-state index in [0.717, 1.165) is 41.2 Å². The molecule has 6 rings (SSSR count). The molecule has 2 amide bonds. The van der Waals surface area contributed by atoms with Crippen LogP contribution in [0.2, 0.25) is 0 Å². The molecule has 0 radical (unpaired) electrons. The van der Waals surface area contributed by atoms with Crippen molar-refractivity contribution in [3.8, 4) is 11.1 Å². The number of hydrogen-bond acceptors (Lipinski definition) is 5. The summed E-state index contributed by atoms with van der Waals surface area (Å²) in [5, 5.41) is 0. The molecule has 4 heterocycles. The molecule has 8 heteroatoms. The van der Waals surface area contributed by atoms with Gasteiger partial charge in [0.05, 0.1) is 17.6 Å². The largest absolute Gasteiger partial charge is 0.351 e. The van der Waals surface area contributed by atoms with Crippen LogP contribution in [-0.2, 0) is 16.8 Å². The van der Waals surface area contributed by atoms with Gasteiger partial charge in [-0.15, -0.1) is 0 Å². The van der Waals surface area contributed by atoms with Crippen LogP contribution in [0, 0.1) is 0 Å². The van der Waals surface area contributed by atoms with Crippen LogP contribution in [0.4, 0.5) is 16.2 Å². The van der Waals surface area contributed by atoms with E-state index in [0.29, 0.717) is 25.2 Å². The fraction of sp³-hybridized carbons (Fsp3) is 0.214. The van der Waals surface area contributed by atoms with Crippen molar-refractivity contribution >= 4 is 23.3 Å². The van der Waals surface area contributed by atoms with Gasteiger partial charge in [0.15, 0.2) is 0 Å². The number of nitrogens with zero attached hydrogens (tertiary/aromatic N) is 5. The van der Waals surface area contributed by atoms with Crippen molar-refractivity contribution in [3.05, 3.63) is 96.8 Å². The first-order valence-electron chi connectivity index (χ1n) is 12.1. The van der Waals surface area contributed by atoms with Gasteiger partial charge in [-0.1, -0.05) is 30.3 Å². The van der Waals surface area contributed by atoms with Crippen LogP contribution in [0.15, 0.2) is 85.5 Å². The van der Waals surface area contributed by atoms with Crippen LogP contribution < -0.4 is 10.6 Å². The second kappa shape index (κ2) is 8.73. The zero-order valence-corrected chi connectivity index (χ0v) is 19.7. The standard InChI is InChI=1S/C28H26N6O2/c29-27(36)33-18-15-31-25(33)19-32-16-11-28(12-17-32)23-3-1-2-4-24(23)34(26(28)35)22-7-5-20(6-8-22)21-9-13-30-14-10-21/h1-10,13-15,18H,11-12,16-17,19H2,(H2,29,36). The number of fused-ring (bicyclic) bond motifs is 2. The fourth-order valence-electron chi connectivity index (χ4n) is 5.54. The first-order valence-corrected chi connectivity index (χ1v) is 12.1. The molecule has 0 unspecified atom stereocenters. The number of amides is 2. The molecule has 36 heavy (non-hydrogen) atoms. The highest BCUT2D eigenvalue weighted by Crippen LogP contribution is 2.50. The first kappa shape index (κ1) is 22.2. The molecule has 0 saturated carbocycles. The smallest absolute Gasteiger partial charge is 0.324 e. The van der Waals surface area contributed by atoms with E-state index in [9.17, 15) is 9.59 Å². The van der Waals surface area contributed by atoms with Crippen molar-refractivity contribution in [3.63, 3.8) is 0 Å². The highest BCUT2D eigenvalue weighted by molar-refractivity contribution is 6.13. The predicted octanol–water partition coefficient (Wildman–Crippen LogP) is 4.08. The number of primary amides is 1. The Balaban J connectivity index is 1.26. The van der Waals surface area contributed by atoms with Crippen LogP contribution in [0.1, 0.15) is 24.2 Å². The van der Waals surface area contributed by atoms with Crippen molar-refractivity contribution < 1.29 is 9.59 Å². The van der Waals surface area contributed by atoms with Crippen molar-refractivity contribution in [2.45, 2.75) is 24.8 Å². The summed E-state index contributed by atoms with van der Waals surface area (Å²) in [5.74, 6) is 0.742. The van der Waals surface area contributed by atoms with E-state index < -0.39 is 11.4 Å². The topological polar surface area (TPSA) is 97.3 Å². The van der Waals surface area contributed by atoms with Crippen LogP contribution in [0.5, 0.6) is 0 Å². The molecule has 1 spiro atoms. The molecule has 1 fully saturated rings. The maximum absolute atomic E-state index is 14.1. The van der Waals surface area contributed by atoms with Crippen molar-refractivity contribution in [2.24, 2.45) is 5.73 Å². The quantitative estimate of drug-likeness (QED) is 0.477. The first-order chi connectivity index (χ1) is 17.6. The van der Waals surface area contributed by atoms with E-state index in [-0.39, 0.29) is 5.91 Å². The molecule has 2 aromatic carbocycles. The molecule has 0 atom stereocenters. The molecule has 8 nitrogen and oxygen atoms in total. The summed E-state index contributed by atoms with van der Waals surface area (Å²) < 4.78 is 1.37. The molecule has 2 aliphatic heterocycles. The molecule has 2 aromatic heterocycles. The molecular formula is C28H26N6O2. The van der Waals surface area contributed by atoms with E-state index in [1.165, 1.54) is 4.57 Å². The third kappa shape index (κ3) is 3.58. The molecule has 1 saturated heterocycles. The SMILES string of the molecule is NC(=O)n1ccnc1CN1CCC2(CC1)C(=O)N(c1ccc(-c3ccncc3)cc1)c1ccccc12. The number of hydrogen-bond donors (Lipinski definition) is 1. The second-order valence-corrected chi connectivity index (χ2v) is 9.35. The Morgan fingerprint density at radius 2 is 1.61 bits per heavy atom. The average molecular weight is 479 g/mol. The Morgan fingerprint density at radius 1 is 0.917 bits per heavy atom.